The summed E-state index contributed by atoms with van der Waals surface area (Å²) in [6.07, 6.45) is 1.22. The molecule has 0 atom stereocenters. The molecule has 2 aromatic rings. The minimum Gasteiger partial charge on any atom is -0.503 e. The summed E-state index contributed by atoms with van der Waals surface area (Å²) in [4.78, 5) is 0. The second-order valence-electron chi connectivity index (χ2n) is 3.92. The summed E-state index contributed by atoms with van der Waals surface area (Å²) in [5, 5.41) is 11.5. The molecule has 2 rings (SSSR count). The van der Waals surface area contributed by atoms with Crippen molar-refractivity contribution in [1.29, 1.82) is 0 Å². The van der Waals surface area contributed by atoms with Crippen molar-refractivity contribution in [3.8, 4) is 11.5 Å². The molecule has 0 radical (unpaired) electrons. The average molecular weight is 390 g/mol. The largest absolute Gasteiger partial charge is 0.503 e. The third kappa shape index (κ3) is 3.84. The molecule has 0 aliphatic rings. The summed E-state index contributed by atoms with van der Waals surface area (Å²) in [6, 6.07) is 6.23. The standard InChI is InChI=1S/C13H12BrNO4S2/c1-2-19-11-7-9(6-10(14)13(11)16)8-15-21(17,18)12-4-3-5-20-12/h3-8,16H,2H2,1H3/b15-8+. The highest BCUT2D eigenvalue weighted by Crippen LogP contribution is 2.35. The number of aromatic hydroxyl groups is 1. The number of phenolic OH excluding ortho intramolecular Hbond substituents is 1. The molecule has 1 N–H and O–H groups in total. The second kappa shape index (κ2) is 6.59. The van der Waals surface area contributed by atoms with Crippen LogP contribution in [0.2, 0.25) is 0 Å². The van der Waals surface area contributed by atoms with Crippen LogP contribution < -0.4 is 4.74 Å². The van der Waals surface area contributed by atoms with Gasteiger partial charge in [-0.15, -0.1) is 11.3 Å². The molecule has 5 nitrogen and oxygen atoms in total. The highest BCUT2D eigenvalue weighted by atomic mass is 79.9. The molecule has 0 aliphatic carbocycles. The maximum atomic E-state index is 11.9. The van der Waals surface area contributed by atoms with E-state index in [4.69, 9.17) is 4.74 Å². The quantitative estimate of drug-likeness (QED) is 0.794. The zero-order valence-corrected chi connectivity index (χ0v) is 14.2. The maximum Gasteiger partial charge on any atom is 0.291 e. The summed E-state index contributed by atoms with van der Waals surface area (Å²) >= 11 is 4.29. The number of nitrogens with zero attached hydrogens (tertiary/aromatic N) is 1. The summed E-state index contributed by atoms with van der Waals surface area (Å²) in [5.41, 5.74) is 0.503. The van der Waals surface area contributed by atoms with Crippen LogP contribution in [0.25, 0.3) is 0 Å². The molecule has 0 saturated carbocycles. The zero-order chi connectivity index (χ0) is 15.5. The smallest absolute Gasteiger partial charge is 0.291 e. The van der Waals surface area contributed by atoms with E-state index in [1.54, 1.807) is 24.4 Å². The molecule has 0 unspecified atom stereocenters. The number of benzene rings is 1. The molecular weight excluding hydrogens is 378 g/mol. The van der Waals surface area contributed by atoms with E-state index in [0.717, 1.165) is 11.3 Å². The SMILES string of the molecule is CCOc1cc(/C=N/S(=O)(=O)c2cccs2)cc(Br)c1O. The molecule has 1 heterocycles. The van der Waals surface area contributed by atoms with Crippen LogP contribution in [0.3, 0.4) is 0 Å². The van der Waals surface area contributed by atoms with E-state index in [9.17, 15) is 13.5 Å². The summed E-state index contributed by atoms with van der Waals surface area (Å²) < 4.78 is 33.4. The van der Waals surface area contributed by atoms with Crippen molar-refractivity contribution in [1.82, 2.24) is 0 Å². The Morgan fingerprint density at radius 3 is 2.86 bits per heavy atom. The Labute approximate surface area is 135 Å². The van der Waals surface area contributed by atoms with E-state index >= 15 is 0 Å². The van der Waals surface area contributed by atoms with Crippen molar-refractivity contribution in [2.45, 2.75) is 11.1 Å². The lowest BCUT2D eigenvalue weighted by Crippen LogP contribution is -1.97. The van der Waals surface area contributed by atoms with Crippen LogP contribution in [0.15, 0.2) is 42.7 Å². The van der Waals surface area contributed by atoms with Crippen molar-refractivity contribution < 1.29 is 18.3 Å². The number of thiophene rings is 1. The van der Waals surface area contributed by atoms with E-state index in [2.05, 4.69) is 20.3 Å². The van der Waals surface area contributed by atoms with Gasteiger partial charge in [0.15, 0.2) is 11.5 Å². The van der Waals surface area contributed by atoms with Crippen molar-refractivity contribution >= 4 is 43.5 Å². The maximum absolute atomic E-state index is 11.9. The summed E-state index contributed by atoms with van der Waals surface area (Å²) in [5.74, 6) is 0.233. The first-order chi connectivity index (χ1) is 9.94. The van der Waals surface area contributed by atoms with Crippen LogP contribution in [0.5, 0.6) is 11.5 Å². The number of ether oxygens (including phenoxy) is 1. The molecule has 0 spiro atoms. The number of hydrogen-bond acceptors (Lipinski definition) is 5. The van der Waals surface area contributed by atoms with Crippen LogP contribution in [0, 0.1) is 0 Å². The zero-order valence-electron chi connectivity index (χ0n) is 11.0. The molecular formula is C13H12BrNO4S2. The van der Waals surface area contributed by atoms with Crippen molar-refractivity contribution in [2.24, 2.45) is 4.40 Å². The van der Waals surface area contributed by atoms with Gasteiger partial charge in [-0.2, -0.15) is 12.8 Å². The van der Waals surface area contributed by atoms with E-state index in [-0.39, 0.29) is 15.7 Å². The van der Waals surface area contributed by atoms with Gasteiger partial charge in [-0.1, -0.05) is 6.07 Å². The molecule has 0 fully saturated rings. The minimum atomic E-state index is -3.69. The Balaban J connectivity index is 2.34. The van der Waals surface area contributed by atoms with Gasteiger partial charge in [0.05, 0.1) is 11.1 Å². The fraction of sp³-hybridized carbons (Fsp3) is 0.154. The van der Waals surface area contributed by atoms with Gasteiger partial charge in [0.2, 0.25) is 0 Å². The van der Waals surface area contributed by atoms with Gasteiger partial charge in [-0.25, -0.2) is 0 Å². The molecule has 0 aliphatic heterocycles. The van der Waals surface area contributed by atoms with E-state index in [0.29, 0.717) is 16.6 Å². The number of phenols is 1. The third-order valence-electron chi connectivity index (χ3n) is 2.44. The van der Waals surface area contributed by atoms with Crippen LogP contribution in [-0.4, -0.2) is 26.3 Å². The molecule has 0 bridgehead atoms. The van der Waals surface area contributed by atoms with Crippen molar-refractivity contribution in [3.05, 3.63) is 39.7 Å². The van der Waals surface area contributed by atoms with E-state index < -0.39 is 10.0 Å². The van der Waals surface area contributed by atoms with Gasteiger partial charge in [0.1, 0.15) is 4.21 Å². The topological polar surface area (TPSA) is 76.0 Å². The third-order valence-corrected chi connectivity index (χ3v) is 5.65. The Hall–Kier alpha value is -1.38. The Morgan fingerprint density at radius 2 is 2.24 bits per heavy atom. The number of halogens is 1. The lowest BCUT2D eigenvalue weighted by molar-refractivity contribution is 0.317. The van der Waals surface area contributed by atoms with Gasteiger partial charge < -0.3 is 9.84 Å². The Bertz CT molecular complexity index is 755. The lowest BCUT2D eigenvalue weighted by atomic mass is 10.2. The molecule has 112 valence electrons. The Morgan fingerprint density at radius 1 is 1.48 bits per heavy atom. The molecule has 0 saturated heterocycles. The van der Waals surface area contributed by atoms with Crippen LogP contribution in [0.4, 0.5) is 0 Å². The van der Waals surface area contributed by atoms with Crippen molar-refractivity contribution in [3.63, 3.8) is 0 Å². The monoisotopic (exact) mass is 389 g/mol. The lowest BCUT2D eigenvalue weighted by Gasteiger charge is -2.08. The number of sulfonamides is 1. The van der Waals surface area contributed by atoms with Gasteiger partial charge >= 0.3 is 0 Å². The predicted molar refractivity (Wildman–Crippen MR) is 86.1 cm³/mol. The van der Waals surface area contributed by atoms with E-state index in [1.165, 1.54) is 18.3 Å². The normalized spacial score (nSPS) is 11.9. The highest BCUT2D eigenvalue weighted by Gasteiger charge is 2.13. The minimum absolute atomic E-state index is 0.0323. The first-order valence-electron chi connectivity index (χ1n) is 5.93. The van der Waals surface area contributed by atoms with Gasteiger partial charge in [0.25, 0.3) is 10.0 Å². The van der Waals surface area contributed by atoms with Crippen LogP contribution in [-0.2, 0) is 10.0 Å². The van der Waals surface area contributed by atoms with Gasteiger partial charge in [-0.05, 0) is 52.0 Å². The second-order valence-corrected chi connectivity index (χ2v) is 7.59. The molecule has 0 amide bonds. The Kier molecular flexibility index (Phi) is 5.02. The molecule has 8 heteroatoms. The first-order valence-corrected chi connectivity index (χ1v) is 9.04. The molecule has 21 heavy (non-hydrogen) atoms. The highest BCUT2D eigenvalue weighted by molar-refractivity contribution is 9.10. The number of hydrogen-bond donors (Lipinski definition) is 1. The molecule has 1 aromatic carbocycles. The summed E-state index contributed by atoms with van der Waals surface area (Å²) in [7, 11) is -3.69. The number of rotatable bonds is 5. The first kappa shape index (κ1) is 16.0. The summed E-state index contributed by atoms with van der Waals surface area (Å²) in [6.45, 7) is 2.17. The van der Waals surface area contributed by atoms with Gasteiger partial charge in [0, 0.05) is 6.21 Å². The van der Waals surface area contributed by atoms with Crippen LogP contribution >= 0.6 is 27.3 Å². The molecule has 1 aromatic heterocycles. The predicted octanol–water partition coefficient (Wildman–Crippen LogP) is 3.42. The van der Waals surface area contributed by atoms with E-state index in [1.807, 2.05) is 0 Å². The fourth-order valence-electron chi connectivity index (χ4n) is 1.53. The van der Waals surface area contributed by atoms with Crippen molar-refractivity contribution in [2.75, 3.05) is 6.61 Å². The van der Waals surface area contributed by atoms with Gasteiger partial charge in [-0.3, -0.25) is 0 Å². The fourth-order valence-corrected chi connectivity index (χ4v) is 3.83. The average Bonchev–Trinajstić information content (AvgIpc) is 2.97. The van der Waals surface area contributed by atoms with Crippen LogP contribution in [0.1, 0.15) is 12.5 Å².